The third-order valence-corrected chi connectivity index (χ3v) is 15.7. The number of aromatic nitrogens is 1. The first-order valence-electron chi connectivity index (χ1n) is 22.1. The zero-order valence-electron chi connectivity index (χ0n) is 36.9. The van der Waals surface area contributed by atoms with Gasteiger partial charge in [0.25, 0.3) is 0 Å². The Morgan fingerprint density at radius 1 is 1.00 bits per heavy atom. The number of ether oxygens (including phenoxy) is 2. The lowest BCUT2D eigenvalue weighted by molar-refractivity contribution is -0.228. The number of aliphatic hydroxyl groups is 4. The van der Waals surface area contributed by atoms with Gasteiger partial charge in [0.15, 0.2) is 11.9 Å². The topological polar surface area (TPSA) is 268 Å². The van der Waals surface area contributed by atoms with Crippen molar-refractivity contribution in [3.8, 4) is 0 Å². The van der Waals surface area contributed by atoms with Crippen molar-refractivity contribution in [3.63, 3.8) is 0 Å². The van der Waals surface area contributed by atoms with Crippen molar-refractivity contribution >= 4 is 51.1 Å². The summed E-state index contributed by atoms with van der Waals surface area (Å²) < 4.78 is 43.0. The Labute approximate surface area is 376 Å². The Morgan fingerprint density at radius 2 is 1.72 bits per heavy atom. The molecule has 10 atom stereocenters. The van der Waals surface area contributed by atoms with Crippen molar-refractivity contribution < 1.29 is 66.6 Å². The number of fused-ring (bicyclic) bond motifs is 6. The molecule has 2 saturated heterocycles. The zero-order chi connectivity index (χ0) is 47.1. The number of hydrogen-bond acceptors (Lipinski definition) is 14. The molecule has 3 aromatic rings. The summed E-state index contributed by atoms with van der Waals surface area (Å²) in [6.45, 7) is 6.54. The minimum atomic E-state index is -4.67. The molecule has 1 aromatic heterocycles. The molecule has 0 radical (unpaired) electrons. The number of aliphatic hydroxyl groups excluding tert-OH is 2. The summed E-state index contributed by atoms with van der Waals surface area (Å²) in [6, 6.07) is 9.62. The Morgan fingerprint density at radius 3 is 2.35 bits per heavy atom. The first-order chi connectivity index (χ1) is 30.8. The number of benzene rings is 2. The van der Waals surface area contributed by atoms with Gasteiger partial charge in [0.1, 0.15) is 6.61 Å². The predicted octanol–water partition coefficient (Wildman–Crippen LogP) is 1.74. The number of ketones is 1. The van der Waals surface area contributed by atoms with E-state index in [0.29, 0.717) is 99.3 Å². The quantitative estimate of drug-likeness (QED) is 0.0698. The highest BCUT2D eigenvalue weighted by atomic mass is 32.3. The molecule has 2 aromatic carbocycles. The predicted molar refractivity (Wildman–Crippen MR) is 234 cm³/mol. The van der Waals surface area contributed by atoms with E-state index in [-0.39, 0.29) is 12.3 Å². The lowest BCUT2D eigenvalue weighted by Gasteiger charge is -2.63. The lowest BCUT2D eigenvalue weighted by atomic mass is 9.47. The number of piperidine rings is 1. The minimum Gasteiger partial charge on any atom is -0.467 e. The molecule has 18 nitrogen and oxygen atoms in total. The van der Waals surface area contributed by atoms with Gasteiger partial charge in [0, 0.05) is 72.3 Å². The number of carbonyl (C=O) groups excluding carboxylic acids is 4. The Kier molecular flexibility index (Phi) is 12.0. The van der Waals surface area contributed by atoms with E-state index >= 15 is 4.79 Å². The van der Waals surface area contributed by atoms with Gasteiger partial charge < -0.3 is 39.8 Å². The maximum atomic E-state index is 15.3. The summed E-state index contributed by atoms with van der Waals surface area (Å²) in [5.74, 6) is -2.46. The van der Waals surface area contributed by atoms with E-state index in [1.54, 1.807) is 6.07 Å². The normalized spacial score (nSPS) is 34.7. The maximum Gasteiger partial charge on any atom is 0.394 e. The van der Waals surface area contributed by atoms with Crippen molar-refractivity contribution in [2.24, 2.45) is 11.3 Å². The Hall–Kier alpha value is -4.57. The van der Waals surface area contributed by atoms with Crippen LogP contribution in [0.4, 0.5) is 5.69 Å². The SMILES string of the molecule is CC[C@]1(O)C[C@@H]2CN(CCc3c([nH]c4ccccc34)C(C(=O)CO)(c3cc4c(cc3CO)N(C=O)[C@H]3[C@@](O)(C(=O)OC)[C@H](OC(C)=O)[C@]5(CC)C=CCN6CC[C@]43[C@@H]65)C2)C1.O=S(=O)(O)O. The highest BCUT2D eigenvalue weighted by Crippen LogP contribution is 2.68. The van der Waals surface area contributed by atoms with Gasteiger partial charge in [-0.25, -0.2) is 4.79 Å². The number of nitrogens with zero attached hydrogens (tertiary/aromatic N) is 3. The van der Waals surface area contributed by atoms with Crippen LogP contribution in [0, 0.1) is 11.3 Å². The fourth-order valence-electron chi connectivity index (χ4n) is 13.5. The second-order valence-electron chi connectivity index (χ2n) is 18.8. The maximum absolute atomic E-state index is 15.3. The van der Waals surface area contributed by atoms with Crippen molar-refractivity contribution in [1.82, 2.24) is 14.8 Å². The average Bonchev–Trinajstić information content (AvgIpc) is 3.95. The van der Waals surface area contributed by atoms with Gasteiger partial charge in [0.05, 0.1) is 30.8 Å². The van der Waals surface area contributed by atoms with Crippen LogP contribution in [0.2, 0.25) is 0 Å². The number of hydrogen-bond donors (Lipinski definition) is 7. The van der Waals surface area contributed by atoms with Crippen LogP contribution >= 0.6 is 0 Å². The van der Waals surface area contributed by atoms with E-state index in [9.17, 15) is 34.8 Å². The van der Waals surface area contributed by atoms with Gasteiger partial charge in [-0.05, 0) is 85.4 Å². The second-order valence-corrected chi connectivity index (χ2v) is 19.7. The molecule has 9 rings (SSSR count). The molecular weight excluding hydrogens is 865 g/mol. The number of rotatable bonds is 9. The van der Waals surface area contributed by atoms with E-state index in [2.05, 4.69) is 14.8 Å². The number of Topliss-reactive ketones (excluding diaryl/α,β-unsaturated/α-hetero) is 1. The molecule has 6 heterocycles. The number of esters is 2. The fourth-order valence-corrected chi connectivity index (χ4v) is 13.5. The highest BCUT2D eigenvalue weighted by Gasteiger charge is 2.81. The molecule has 352 valence electrons. The number of H-pyrrole nitrogens is 1. The molecule has 1 spiro atoms. The molecule has 19 heteroatoms. The average molecular weight is 923 g/mol. The molecule has 2 bridgehead atoms. The van der Waals surface area contributed by atoms with Crippen molar-refractivity contribution in [2.45, 2.75) is 106 Å². The first kappa shape index (κ1) is 46.9. The van der Waals surface area contributed by atoms with Gasteiger partial charge in [-0.3, -0.25) is 33.3 Å². The third-order valence-electron chi connectivity index (χ3n) is 15.7. The number of methoxy groups -OCH3 is 1. The fraction of sp³-hybridized carbons (Fsp3) is 0.565. The summed E-state index contributed by atoms with van der Waals surface area (Å²) in [5.41, 5.74) is -3.39. The lowest BCUT2D eigenvalue weighted by Crippen LogP contribution is -2.81. The first-order valence-corrected chi connectivity index (χ1v) is 23.5. The molecule has 65 heavy (non-hydrogen) atoms. The van der Waals surface area contributed by atoms with Crippen LogP contribution in [-0.4, -0.2) is 153 Å². The largest absolute Gasteiger partial charge is 0.467 e. The Balaban J connectivity index is 0.00000109. The van der Waals surface area contributed by atoms with Crippen LogP contribution in [0.1, 0.15) is 80.8 Å². The molecule has 2 unspecified atom stereocenters. The van der Waals surface area contributed by atoms with E-state index < -0.39 is 87.0 Å². The smallest absolute Gasteiger partial charge is 0.394 e. The minimum absolute atomic E-state index is 0.197. The summed E-state index contributed by atoms with van der Waals surface area (Å²) in [4.78, 5) is 65.8. The Bertz CT molecular complexity index is 2560. The van der Waals surface area contributed by atoms with Crippen LogP contribution in [0.5, 0.6) is 0 Å². The molecule has 1 amide bonds. The standard InChI is InChI=1S/C46H56N4O10.H2O4S/c1-5-42(57)20-28-21-45(36(55)24-52,37-31(12-16-48(22-28)25-42)30-10-7-8-11-34(30)47-37)32-19-33-35(18-29(32)23-51)50(26-53)39-44(33)14-17-49-15-9-13-43(6-2,38(44)49)40(60-27(3)54)46(39,58)41(56)59-4;1-5(2,3)4/h7-11,13,18-19,26,28,38-40,47,51-52,57-58H,5-6,12,14-17,20-25H2,1-4H3;(H2,1,2,3,4)/t28-,38-,39+,40+,42-,43+,44+,45?,46-;/m0./s1. The van der Waals surface area contributed by atoms with Crippen LogP contribution in [0.15, 0.2) is 48.6 Å². The van der Waals surface area contributed by atoms with E-state index in [0.717, 1.165) is 23.6 Å². The number of aromatic amines is 1. The van der Waals surface area contributed by atoms with Crippen molar-refractivity contribution in [2.75, 3.05) is 51.3 Å². The molecule has 1 aliphatic carbocycles. The summed E-state index contributed by atoms with van der Waals surface area (Å²) >= 11 is 0. The van der Waals surface area contributed by atoms with Crippen LogP contribution in [0.25, 0.3) is 10.9 Å². The molecular formula is C46H58N4O14S. The van der Waals surface area contributed by atoms with E-state index in [4.69, 9.17) is 27.0 Å². The van der Waals surface area contributed by atoms with Crippen LogP contribution < -0.4 is 4.90 Å². The van der Waals surface area contributed by atoms with Crippen molar-refractivity contribution in [3.05, 3.63) is 76.5 Å². The van der Waals surface area contributed by atoms with Gasteiger partial charge in [0.2, 0.25) is 12.0 Å². The number of carbonyl (C=O) groups is 4. The molecule has 6 aliphatic rings. The van der Waals surface area contributed by atoms with Gasteiger partial charge >= 0.3 is 22.3 Å². The molecule has 5 aliphatic heterocycles. The third kappa shape index (κ3) is 6.99. The van der Waals surface area contributed by atoms with Gasteiger partial charge in [-0.15, -0.1) is 0 Å². The zero-order valence-corrected chi connectivity index (χ0v) is 37.7. The highest BCUT2D eigenvalue weighted by molar-refractivity contribution is 7.79. The molecule has 7 N–H and O–H groups in total. The molecule has 1 saturated carbocycles. The second kappa shape index (κ2) is 16.6. The number of nitrogens with one attached hydrogen (secondary N) is 1. The number of anilines is 1. The number of amides is 1. The number of para-hydroxylation sites is 1. The van der Waals surface area contributed by atoms with Crippen LogP contribution in [-0.2, 0) is 62.9 Å². The van der Waals surface area contributed by atoms with Gasteiger partial charge in [-0.2, -0.15) is 8.42 Å². The summed E-state index contributed by atoms with van der Waals surface area (Å²) in [7, 11) is -3.51. The van der Waals surface area contributed by atoms with E-state index in [1.807, 2.05) is 56.3 Å². The molecule has 3 fully saturated rings. The van der Waals surface area contributed by atoms with Gasteiger partial charge in [-0.1, -0.05) is 50.3 Å². The monoisotopic (exact) mass is 922 g/mol. The van der Waals surface area contributed by atoms with E-state index in [1.165, 1.54) is 11.8 Å². The van der Waals surface area contributed by atoms with Crippen molar-refractivity contribution in [1.29, 1.82) is 0 Å². The summed E-state index contributed by atoms with van der Waals surface area (Å²) in [6.07, 6.45) is 5.44. The van der Waals surface area contributed by atoms with Crippen LogP contribution in [0.3, 0.4) is 0 Å². The summed E-state index contributed by atoms with van der Waals surface area (Å²) in [5, 5.41) is 48.7.